The number of methoxy groups -OCH3 is 1. The highest BCUT2D eigenvalue weighted by Gasteiger charge is 2.35. The van der Waals surface area contributed by atoms with Crippen LogP contribution in [0.25, 0.3) is 0 Å². The third-order valence-corrected chi connectivity index (χ3v) is 9.65. The van der Waals surface area contributed by atoms with E-state index < -0.39 is 69.7 Å². The first kappa shape index (κ1) is 36.7. The molecule has 0 heterocycles. The van der Waals surface area contributed by atoms with Crippen molar-refractivity contribution in [3.63, 3.8) is 0 Å². The van der Waals surface area contributed by atoms with Gasteiger partial charge in [-0.2, -0.15) is 0 Å². The maximum atomic E-state index is 14.2. The molecule has 0 aliphatic heterocycles. The van der Waals surface area contributed by atoms with Gasteiger partial charge in [0.2, 0.25) is 11.8 Å². The molecular weight excluding hydrogens is 586 g/mol. The first-order chi connectivity index (χ1) is 20.9. The summed E-state index contributed by atoms with van der Waals surface area (Å²) in [6.07, 6.45) is 0.318. The minimum Gasteiger partial charge on any atom is -0.497 e. The summed E-state index contributed by atoms with van der Waals surface area (Å²) in [5.41, 5.74) is 7.89. The SMILES string of the molecule is CCCC(CCC)S(=O)(=O)CC(NC(=O)CCC(=O)O)C(=O)N(Cc1cccc(OC)c1)C[C@@H](O)[C@@H](N)Cc1ccccc1. The van der Waals surface area contributed by atoms with Crippen LogP contribution in [0.2, 0.25) is 0 Å². The van der Waals surface area contributed by atoms with Crippen LogP contribution in [0, 0.1) is 0 Å². The third kappa shape index (κ3) is 12.3. The number of carbonyl (C=O) groups excluding carboxylic acids is 2. The van der Waals surface area contributed by atoms with Crippen LogP contribution in [-0.4, -0.2) is 84.2 Å². The number of carbonyl (C=O) groups is 3. The van der Waals surface area contributed by atoms with E-state index in [1.165, 1.54) is 12.0 Å². The molecule has 0 aliphatic rings. The average Bonchev–Trinajstić information content (AvgIpc) is 2.99. The Morgan fingerprint density at radius 3 is 2.20 bits per heavy atom. The van der Waals surface area contributed by atoms with E-state index in [1.54, 1.807) is 24.3 Å². The van der Waals surface area contributed by atoms with Crippen molar-refractivity contribution in [1.82, 2.24) is 10.2 Å². The quantitative estimate of drug-likeness (QED) is 0.171. The molecule has 0 spiro atoms. The van der Waals surface area contributed by atoms with E-state index in [1.807, 2.05) is 44.2 Å². The van der Waals surface area contributed by atoms with Gasteiger partial charge in [-0.05, 0) is 42.5 Å². The highest BCUT2D eigenvalue weighted by atomic mass is 32.2. The number of sulfone groups is 1. The fourth-order valence-electron chi connectivity index (χ4n) is 5.00. The van der Waals surface area contributed by atoms with Gasteiger partial charge in [0, 0.05) is 25.6 Å². The van der Waals surface area contributed by atoms with Crippen molar-refractivity contribution in [1.29, 1.82) is 0 Å². The van der Waals surface area contributed by atoms with Gasteiger partial charge in [-0.1, -0.05) is 69.2 Å². The number of benzene rings is 2. The first-order valence-corrected chi connectivity index (χ1v) is 16.7. The van der Waals surface area contributed by atoms with Gasteiger partial charge in [0.15, 0.2) is 9.84 Å². The lowest BCUT2D eigenvalue weighted by Gasteiger charge is -2.32. The second kappa shape index (κ2) is 18.4. The van der Waals surface area contributed by atoms with Gasteiger partial charge in [0.25, 0.3) is 0 Å². The number of nitrogens with one attached hydrogen (secondary N) is 1. The van der Waals surface area contributed by atoms with E-state index in [4.69, 9.17) is 15.6 Å². The Morgan fingerprint density at radius 1 is 0.977 bits per heavy atom. The highest BCUT2D eigenvalue weighted by molar-refractivity contribution is 7.92. The number of aliphatic carboxylic acids is 1. The molecule has 2 aromatic rings. The number of nitrogens with two attached hydrogens (primary N) is 1. The van der Waals surface area contributed by atoms with Crippen LogP contribution in [0.1, 0.15) is 63.5 Å². The Labute approximate surface area is 260 Å². The van der Waals surface area contributed by atoms with E-state index >= 15 is 0 Å². The molecule has 0 saturated carbocycles. The van der Waals surface area contributed by atoms with Crippen LogP contribution in [-0.2, 0) is 37.2 Å². The number of aliphatic hydroxyl groups is 1. The van der Waals surface area contributed by atoms with Gasteiger partial charge < -0.3 is 30.9 Å². The van der Waals surface area contributed by atoms with E-state index in [2.05, 4.69) is 5.32 Å². The number of aliphatic hydroxyl groups excluding tert-OH is 1. The van der Waals surface area contributed by atoms with Crippen molar-refractivity contribution in [3.05, 3.63) is 65.7 Å². The molecule has 244 valence electrons. The number of amides is 2. The van der Waals surface area contributed by atoms with Crippen molar-refractivity contribution < 1.29 is 37.8 Å². The molecule has 2 amide bonds. The largest absolute Gasteiger partial charge is 0.497 e. The maximum absolute atomic E-state index is 14.2. The number of carboxylic acid groups (broad SMARTS) is 1. The van der Waals surface area contributed by atoms with Gasteiger partial charge in [-0.15, -0.1) is 0 Å². The molecule has 0 bridgehead atoms. The summed E-state index contributed by atoms with van der Waals surface area (Å²) in [6, 6.07) is 14.0. The number of nitrogens with zero attached hydrogens (tertiary/aromatic N) is 1. The van der Waals surface area contributed by atoms with Crippen LogP contribution in [0.3, 0.4) is 0 Å². The van der Waals surface area contributed by atoms with E-state index in [9.17, 15) is 27.9 Å². The number of rotatable bonds is 20. The Hall–Kier alpha value is -3.48. The van der Waals surface area contributed by atoms with Crippen LogP contribution >= 0.6 is 0 Å². The summed E-state index contributed by atoms with van der Waals surface area (Å²) in [6.45, 7) is 3.49. The molecule has 11 nitrogen and oxygen atoms in total. The lowest BCUT2D eigenvalue weighted by Crippen LogP contribution is -2.55. The van der Waals surface area contributed by atoms with E-state index in [0.717, 1.165) is 5.56 Å². The monoisotopic (exact) mass is 633 g/mol. The van der Waals surface area contributed by atoms with Gasteiger partial charge >= 0.3 is 5.97 Å². The smallest absolute Gasteiger partial charge is 0.303 e. The predicted octanol–water partition coefficient (Wildman–Crippen LogP) is 2.69. The molecule has 0 aromatic heterocycles. The molecule has 44 heavy (non-hydrogen) atoms. The van der Waals surface area contributed by atoms with Gasteiger partial charge in [-0.25, -0.2) is 8.42 Å². The Balaban J connectivity index is 2.44. The summed E-state index contributed by atoms with van der Waals surface area (Å²) in [5, 5.41) is 22.0. The minimum atomic E-state index is -3.86. The Morgan fingerprint density at radius 2 is 1.61 bits per heavy atom. The summed E-state index contributed by atoms with van der Waals surface area (Å²) in [5.74, 6) is -2.80. The van der Waals surface area contributed by atoms with Crippen LogP contribution in [0.4, 0.5) is 0 Å². The molecule has 0 aliphatic carbocycles. The minimum absolute atomic E-state index is 0.0277. The molecule has 0 saturated heterocycles. The molecule has 2 rings (SSSR count). The molecule has 0 fully saturated rings. The second-order valence-corrected chi connectivity index (χ2v) is 13.4. The van der Waals surface area contributed by atoms with Crippen LogP contribution in [0.15, 0.2) is 54.6 Å². The zero-order valence-corrected chi connectivity index (χ0v) is 26.7. The van der Waals surface area contributed by atoms with Crippen molar-refractivity contribution >= 4 is 27.6 Å². The van der Waals surface area contributed by atoms with Crippen LogP contribution in [0.5, 0.6) is 5.75 Å². The molecule has 12 heteroatoms. The van der Waals surface area contributed by atoms with Crippen LogP contribution < -0.4 is 15.8 Å². The molecule has 0 radical (unpaired) electrons. The Bertz CT molecular complexity index is 1300. The first-order valence-electron chi connectivity index (χ1n) is 15.0. The summed E-state index contributed by atoms with van der Waals surface area (Å²) < 4.78 is 32.4. The summed E-state index contributed by atoms with van der Waals surface area (Å²) in [4.78, 5) is 39.2. The average molecular weight is 634 g/mol. The normalized spacial score (nSPS) is 13.6. The van der Waals surface area contributed by atoms with E-state index in [0.29, 0.717) is 43.4 Å². The lowest BCUT2D eigenvalue weighted by molar-refractivity contribution is -0.139. The fourth-order valence-corrected chi connectivity index (χ4v) is 7.16. The van der Waals surface area contributed by atoms with Crippen molar-refractivity contribution in [3.8, 4) is 5.75 Å². The highest BCUT2D eigenvalue weighted by Crippen LogP contribution is 2.20. The Kier molecular flexibility index (Phi) is 15.3. The number of ether oxygens (including phenoxy) is 1. The van der Waals surface area contributed by atoms with Crippen molar-refractivity contribution in [2.24, 2.45) is 5.73 Å². The molecule has 3 atom stereocenters. The summed E-state index contributed by atoms with van der Waals surface area (Å²) >= 11 is 0. The molecular formula is C32H47N3O8S. The number of hydrogen-bond donors (Lipinski definition) is 4. The van der Waals surface area contributed by atoms with E-state index in [-0.39, 0.29) is 13.1 Å². The molecule has 1 unspecified atom stereocenters. The van der Waals surface area contributed by atoms with Gasteiger partial charge in [0.05, 0.1) is 30.6 Å². The topological polar surface area (TPSA) is 176 Å². The second-order valence-electron chi connectivity index (χ2n) is 11.0. The standard InChI is InChI=1S/C32H47N3O8S/c1-4-10-26(11-5-2)44(41,42)22-28(34-30(37)16-17-31(38)39)32(40)35(20-24-14-9-15-25(18-24)43-3)21-29(36)27(33)19-23-12-7-6-8-13-23/h6-9,12-15,18,26-29,36H,4-5,10-11,16-17,19-22,33H2,1-3H3,(H,34,37)(H,38,39)/t27-,28?,29+/m0/s1. The maximum Gasteiger partial charge on any atom is 0.303 e. The number of carboxylic acids is 1. The molecule has 5 N–H and O–H groups in total. The zero-order chi connectivity index (χ0) is 32.7. The van der Waals surface area contributed by atoms with Gasteiger partial charge in [-0.3, -0.25) is 14.4 Å². The fraction of sp³-hybridized carbons (Fsp3) is 0.531. The lowest BCUT2D eigenvalue weighted by atomic mass is 10.0. The summed E-state index contributed by atoms with van der Waals surface area (Å²) in [7, 11) is -2.35. The number of hydrogen-bond acceptors (Lipinski definition) is 8. The zero-order valence-electron chi connectivity index (χ0n) is 25.9. The third-order valence-electron chi connectivity index (χ3n) is 7.36. The predicted molar refractivity (Wildman–Crippen MR) is 169 cm³/mol. The van der Waals surface area contributed by atoms with Crippen molar-refractivity contribution in [2.45, 2.75) is 88.8 Å². The van der Waals surface area contributed by atoms with Gasteiger partial charge in [0.1, 0.15) is 11.8 Å². The molecule has 2 aromatic carbocycles. The van der Waals surface area contributed by atoms with Crippen molar-refractivity contribution in [2.75, 3.05) is 19.4 Å².